The van der Waals surface area contributed by atoms with E-state index in [-0.39, 0.29) is 16.5 Å². The van der Waals surface area contributed by atoms with Gasteiger partial charge < -0.3 is 9.84 Å². The van der Waals surface area contributed by atoms with Crippen LogP contribution in [0.15, 0.2) is 65.6 Å². The molecular formula is C25H22F3NO3S. The summed E-state index contributed by atoms with van der Waals surface area (Å²) in [6, 6.07) is 13.4. The van der Waals surface area contributed by atoms with Gasteiger partial charge in [-0.15, -0.1) is 11.8 Å². The van der Waals surface area contributed by atoms with E-state index in [1.807, 2.05) is 0 Å². The molecule has 1 aromatic heterocycles. The molecule has 2 aromatic carbocycles. The summed E-state index contributed by atoms with van der Waals surface area (Å²) >= 11 is 0.972. The number of aromatic nitrogens is 1. The number of benzene rings is 2. The summed E-state index contributed by atoms with van der Waals surface area (Å²) in [5.74, 6) is -2.07. The van der Waals surface area contributed by atoms with Gasteiger partial charge >= 0.3 is 5.97 Å². The van der Waals surface area contributed by atoms with E-state index >= 15 is 0 Å². The Balaban J connectivity index is 1.60. The molecule has 0 unspecified atom stereocenters. The fourth-order valence-corrected chi connectivity index (χ4v) is 3.87. The molecule has 0 atom stereocenters. The van der Waals surface area contributed by atoms with Gasteiger partial charge in [0.1, 0.15) is 28.9 Å². The van der Waals surface area contributed by atoms with Crippen LogP contribution in [0.2, 0.25) is 0 Å². The second kappa shape index (κ2) is 12.1. The van der Waals surface area contributed by atoms with E-state index in [4.69, 9.17) is 9.84 Å². The molecule has 1 N–H and O–H groups in total. The lowest BCUT2D eigenvalue weighted by Gasteiger charge is -2.11. The van der Waals surface area contributed by atoms with Gasteiger partial charge in [-0.3, -0.25) is 0 Å². The third-order valence-corrected chi connectivity index (χ3v) is 5.76. The maximum Gasteiger partial charge on any atom is 0.328 e. The van der Waals surface area contributed by atoms with Crippen LogP contribution in [0.25, 0.3) is 6.08 Å². The number of hydrogen-bond donors (Lipinski definition) is 1. The van der Waals surface area contributed by atoms with E-state index in [1.54, 1.807) is 24.3 Å². The van der Waals surface area contributed by atoms with Crippen molar-refractivity contribution < 1.29 is 27.8 Å². The molecule has 0 fully saturated rings. The van der Waals surface area contributed by atoms with Crippen molar-refractivity contribution in [3.63, 3.8) is 0 Å². The number of hydrogen-bond acceptors (Lipinski definition) is 4. The summed E-state index contributed by atoms with van der Waals surface area (Å²) in [5.41, 5.74) is 1.88. The third-order valence-electron chi connectivity index (χ3n) is 4.64. The molecular weight excluding hydrogens is 451 g/mol. The van der Waals surface area contributed by atoms with Crippen LogP contribution in [0.5, 0.6) is 5.75 Å². The van der Waals surface area contributed by atoms with Crippen molar-refractivity contribution in [2.75, 3.05) is 6.61 Å². The zero-order valence-electron chi connectivity index (χ0n) is 17.6. The first kappa shape index (κ1) is 24.4. The molecule has 0 saturated heterocycles. The summed E-state index contributed by atoms with van der Waals surface area (Å²) in [6.07, 6.45) is 4.65. The van der Waals surface area contributed by atoms with Gasteiger partial charge in [-0.1, -0.05) is 18.2 Å². The van der Waals surface area contributed by atoms with Gasteiger partial charge in [-0.25, -0.2) is 22.9 Å². The Hall–Kier alpha value is -3.26. The fourth-order valence-electron chi connectivity index (χ4n) is 3.01. The number of carboxylic acid groups (broad SMARTS) is 1. The van der Waals surface area contributed by atoms with E-state index in [0.29, 0.717) is 23.7 Å². The Morgan fingerprint density at radius 1 is 1.00 bits per heavy atom. The molecule has 8 heteroatoms. The van der Waals surface area contributed by atoms with Crippen LogP contribution in [0.1, 0.15) is 29.8 Å². The maximum absolute atomic E-state index is 13.8. The van der Waals surface area contributed by atoms with Crippen molar-refractivity contribution in [1.82, 2.24) is 4.98 Å². The zero-order chi connectivity index (χ0) is 23.6. The average molecular weight is 474 g/mol. The molecule has 0 aliphatic heterocycles. The van der Waals surface area contributed by atoms with Gasteiger partial charge in [0.05, 0.1) is 17.2 Å². The molecule has 0 saturated carbocycles. The number of nitrogens with zero attached hydrogens (tertiary/aromatic N) is 1. The van der Waals surface area contributed by atoms with Gasteiger partial charge in [0, 0.05) is 11.8 Å². The Morgan fingerprint density at radius 3 is 2.42 bits per heavy atom. The number of halogens is 3. The molecule has 3 rings (SSSR count). The van der Waals surface area contributed by atoms with Gasteiger partial charge in [0.25, 0.3) is 0 Å². The first-order valence-corrected chi connectivity index (χ1v) is 11.3. The van der Waals surface area contributed by atoms with Crippen LogP contribution in [0, 0.1) is 17.5 Å². The van der Waals surface area contributed by atoms with E-state index in [1.165, 1.54) is 36.4 Å². The molecule has 0 radical (unpaired) electrons. The number of ether oxygens (including phenoxy) is 1. The van der Waals surface area contributed by atoms with E-state index < -0.39 is 17.6 Å². The minimum atomic E-state index is -1.13. The molecule has 0 spiro atoms. The van der Waals surface area contributed by atoms with Gasteiger partial charge in [-0.2, -0.15) is 0 Å². The molecule has 1 heterocycles. The highest BCUT2D eigenvalue weighted by Gasteiger charge is 2.11. The number of carboxylic acids is 1. The monoisotopic (exact) mass is 473 g/mol. The Morgan fingerprint density at radius 2 is 1.73 bits per heavy atom. The number of aryl methyl sites for hydroxylation is 1. The topological polar surface area (TPSA) is 59.4 Å². The summed E-state index contributed by atoms with van der Waals surface area (Å²) in [4.78, 5) is 15.2. The molecule has 172 valence electrons. The SMILES string of the molecule is O=C(O)C=Cc1nc(CSc2c(F)cccc2F)ccc1OCCCCc1ccc(F)cc1. The average Bonchev–Trinajstić information content (AvgIpc) is 2.79. The Bertz CT molecular complexity index is 1100. The molecule has 33 heavy (non-hydrogen) atoms. The van der Waals surface area contributed by atoms with Crippen molar-refractivity contribution in [1.29, 1.82) is 0 Å². The van der Waals surface area contributed by atoms with Crippen LogP contribution in [0.4, 0.5) is 13.2 Å². The molecule has 3 aromatic rings. The number of pyridine rings is 1. The Kier molecular flexibility index (Phi) is 8.95. The Labute approximate surface area is 194 Å². The van der Waals surface area contributed by atoms with Crippen LogP contribution in [0.3, 0.4) is 0 Å². The minimum absolute atomic E-state index is 0.0941. The largest absolute Gasteiger partial charge is 0.491 e. The van der Waals surface area contributed by atoms with Crippen LogP contribution in [-0.2, 0) is 17.0 Å². The lowest BCUT2D eigenvalue weighted by atomic mass is 10.1. The van der Waals surface area contributed by atoms with Crippen molar-refractivity contribution >= 4 is 23.8 Å². The zero-order valence-corrected chi connectivity index (χ0v) is 18.5. The minimum Gasteiger partial charge on any atom is -0.491 e. The smallest absolute Gasteiger partial charge is 0.328 e. The number of carbonyl (C=O) groups is 1. The molecule has 0 bridgehead atoms. The van der Waals surface area contributed by atoms with E-state index in [9.17, 15) is 18.0 Å². The third kappa shape index (κ3) is 7.68. The highest BCUT2D eigenvalue weighted by molar-refractivity contribution is 7.98. The predicted octanol–water partition coefficient (Wildman–Crippen LogP) is 6.29. The number of rotatable bonds is 11. The van der Waals surface area contributed by atoms with Gasteiger partial charge in [0.2, 0.25) is 0 Å². The highest BCUT2D eigenvalue weighted by Crippen LogP contribution is 2.29. The van der Waals surface area contributed by atoms with Crippen molar-refractivity contribution in [2.24, 2.45) is 0 Å². The summed E-state index contributed by atoms with van der Waals surface area (Å²) in [7, 11) is 0. The summed E-state index contributed by atoms with van der Waals surface area (Å²) < 4.78 is 46.4. The van der Waals surface area contributed by atoms with Gasteiger partial charge in [0.15, 0.2) is 0 Å². The quantitative estimate of drug-likeness (QED) is 0.201. The lowest BCUT2D eigenvalue weighted by molar-refractivity contribution is -0.131. The number of unbranched alkanes of at least 4 members (excludes halogenated alkanes) is 1. The molecule has 4 nitrogen and oxygen atoms in total. The lowest BCUT2D eigenvalue weighted by Crippen LogP contribution is -2.02. The van der Waals surface area contributed by atoms with Crippen LogP contribution < -0.4 is 4.74 Å². The fraction of sp³-hybridized carbons (Fsp3) is 0.200. The maximum atomic E-state index is 13.8. The van der Waals surface area contributed by atoms with E-state index in [0.717, 1.165) is 42.7 Å². The summed E-state index contributed by atoms with van der Waals surface area (Å²) in [6.45, 7) is 0.394. The molecule has 0 aliphatic rings. The van der Waals surface area contributed by atoms with Crippen molar-refractivity contribution in [3.05, 3.63) is 95.1 Å². The van der Waals surface area contributed by atoms with Gasteiger partial charge in [-0.05, 0) is 67.3 Å². The predicted molar refractivity (Wildman–Crippen MR) is 122 cm³/mol. The second-order valence-electron chi connectivity index (χ2n) is 7.13. The standard InChI is InChI=1S/C25H22F3NO3S/c26-18-9-7-17(8-10-18)4-1-2-15-32-23-13-11-19(29-22(23)12-14-24(30)31)16-33-25-20(27)5-3-6-21(25)28/h3,5-14H,1-2,4,15-16H2,(H,30,31). The van der Waals surface area contributed by atoms with Crippen LogP contribution >= 0.6 is 11.8 Å². The van der Waals surface area contributed by atoms with Crippen molar-refractivity contribution in [3.8, 4) is 5.75 Å². The van der Waals surface area contributed by atoms with Crippen molar-refractivity contribution in [2.45, 2.75) is 29.9 Å². The first-order chi connectivity index (χ1) is 15.9. The first-order valence-electron chi connectivity index (χ1n) is 10.3. The number of aliphatic carboxylic acids is 1. The molecule has 0 aliphatic carbocycles. The highest BCUT2D eigenvalue weighted by atomic mass is 32.2. The van der Waals surface area contributed by atoms with E-state index in [2.05, 4.69) is 4.98 Å². The normalized spacial score (nSPS) is 11.1. The van der Waals surface area contributed by atoms with Crippen LogP contribution in [-0.4, -0.2) is 22.7 Å². The molecule has 0 amide bonds. The summed E-state index contributed by atoms with van der Waals surface area (Å²) in [5, 5.41) is 8.95. The number of thioether (sulfide) groups is 1. The second-order valence-corrected chi connectivity index (χ2v) is 8.11.